The van der Waals surface area contributed by atoms with Crippen LogP contribution < -0.4 is 0 Å². The first-order valence-electron chi connectivity index (χ1n) is 2.85. The van der Waals surface area contributed by atoms with Crippen molar-refractivity contribution in [2.75, 3.05) is 0 Å². The summed E-state index contributed by atoms with van der Waals surface area (Å²) in [5, 5.41) is 0. The van der Waals surface area contributed by atoms with E-state index in [0.29, 0.717) is 0 Å². The molecule has 0 aliphatic rings. The predicted octanol–water partition coefficient (Wildman–Crippen LogP) is -1.00. The van der Waals surface area contributed by atoms with Crippen molar-refractivity contribution in [3.8, 4) is 0 Å². The Hall–Kier alpha value is -0.624. The van der Waals surface area contributed by atoms with Crippen molar-refractivity contribution in [2.45, 2.75) is 0 Å². The summed E-state index contributed by atoms with van der Waals surface area (Å²) in [5.74, 6) is 0. The third-order valence-electron chi connectivity index (χ3n) is 1.33. The molecule has 0 fully saturated rings. The van der Waals surface area contributed by atoms with Crippen LogP contribution in [0.1, 0.15) is 0 Å². The van der Waals surface area contributed by atoms with E-state index in [1.165, 1.54) is 0 Å². The lowest BCUT2D eigenvalue weighted by atomic mass is 10.3. The lowest BCUT2D eigenvalue weighted by Gasteiger charge is -1.81. The molecule has 2 rings (SSSR count). The van der Waals surface area contributed by atoms with Crippen LogP contribution in [-0.4, -0.2) is 44.0 Å². The molecule has 0 spiro atoms. The van der Waals surface area contributed by atoms with Gasteiger partial charge in [0.2, 0.25) is 0 Å². The zero-order valence-corrected chi connectivity index (χ0v) is 5.83. The summed E-state index contributed by atoms with van der Waals surface area (Å²) in [6.45, 7) is 0. The monoisotopic (exact) mass is 180 g/mol. The maximum absolute atomic E-state index is 4.06. The van der Waals surface area contributed by atoms with Crippen LogP contribution in [0.25, 0.3) is 11.0 Å². The van der Waals surface area contributed by atoms with Gasteiger partial charge in [0, 0.05) is 0 Å². The smallest absolute Gasteiger partial charge is 0.316 e. The lowest BCUT2D eigenvalue weighted by Crippen LogP contribution is -1.63. The maximum atomic E-state index is 4.06. The van der Waals surface area contributed by atoms with Crippen LogP contribution in [-0.2, 0) is 0 Å². The number of imidazole rings is 1. The van der Waals surface area contributed by atoms with Crippen LogP contribution in [0.15, 0.2) is 30.6 Å². The average molecular weight is 180 g/mol. The SMILES string of the molecule is O.O.[MgH2].c1ccc2[nH]cnc2c1. The second kappa shape index (κ2) is 5.96. The number of benzene rings is 1. The minimum Gasteiger partial charge on any atom is -0.412 e. The van der Waals surface area contributed by atoms with Crippen molar-refractivity contribution in [1.82, 2.24) is 9.97 Å². The highest BCUT2D eigenvalue weighted by Crippen LogP contribution is 2.05. The molecule has 0 aliphatic carbocycles. The van der Waals surface area contributed by atoms with Crippen molar-refractivity contribution >= 4 is 34.1 Å². The number of rotatable bonds is 0. The number of nitrogens with zero attached hydrogens (tertiary/aromatic N) is 1. The third-order valence-corrected chi connectivity index (χ3v) is 1.33. The number of para-hydroxylation sites is 2. The molecule has 0 radical (unpaired) electrons. The number of aromatic amines is 1. The number of hydrogen-bond donors (Lipinski definition) is 1. The lowest BCUT2D eigenvalue weighted by molar-refractivity contribution is 0.823. The van der Waals surface area contributed by atoms with E-state index in [-0.39, 0.29) is 34.0 Å². The normalized spacial score (nSPS) is 7.67. The Kier molecular flexibility index (Phi) is 6.91. The number of aromatic nitrogens is 2. The average Bonchev–Trinajstić information content (AvgIpc) is 2.33. The largest absolute Gasteiger partial charge is 0.412 e. The Balaban J connectivity index is 0. The summed E-state index contributed by atoms with van der Waals surface area (Å²) < 4.78 is 0. The Bertz CT molecular complexity index is 293. The van der Waals surface area contributed by atoms with E-state index in [4.69, 9.17) is 0 Å². The molecule has 1 aromatic heterocycles. The molecule has 0 saturated carbocycles. The number of H-pyrrole nitrogens is 1. The molecule has 0 aliphatic heterocycles. The van der Waals surface area contributed by atoms with Gasteiger partial charge in [-0.15, -0.1) is 0 Å². The van der Waals surface area contributed by atoms with Crippen LogP contribution in [0, 0.1) is 0 Å². The molecule has 0 amide bonds. The molecule has 2 aromatic rings. The summed E-state index contributed by atoms with van der Waals surface area (Å²) in [4.78, 5) is 7.07. The van der Waals surface area contributed by atoms with Gasteiger partial charge in [0.25, 0.3) is 0 Å². The molecule has 0 unspecified atom stereocenters. The van der Waals surface area contributed by atoms with Crippen LogP contribution in [0.3, 0.4) is 0 Å². The van der Waals surface area contributed by atoms with E-state index in [9.17, 15) is 0 Å². The first-order chi connectivity index (χ1) is 4.47. The highest BCUT2D eigenvalue weighted by atomic mass is 24.3. The van der Waals surface area contributed by atoms with E-state index in [2.05, 4.69) is 9.97 Å². The second-order valence-electron chi connectivity index (χ2n) is 1.92. The fourth-order valence-electron chi connectivity index (χ4n) is 0.880. The molecule has 1 aromatic carbocycles. The summed E-state index contributed by atoms with van der Waals surface area (Å²) in [6.07, 6.45) is 1.70. The summed E-state index contributed by atoms with van der Waals surface area (Å²) in [6, 6.07) is 7.94. The molecule has 0 bridgehead atoms. The summed E-state index contributed by atoms with van der Waals surface area (Å²) in [5.41, 5.74) is 2.12. The van der Waals surface area contributed by atoms with Crippen molar-refractivity contribution in [2.24, 2.45) is 0 Å². The fourth-order valence-corrected chi connectivity index (χ4v) is 0.880. The molecule has 1 heterocycles. The van der Waals surface area contributed by atoms with Crippen LogP contribution >= 0.6 is 0 Å². The van der Waals surface area contributed by atoms with Gasteiger partial charge in [-0.2, -0.15) is 0 Å². The maximum Gasteiger partial charge on any atom is 0.316 e. The van der Waals surface area contributed by atoms with Gasteiger partial charge in [0.1, 0.15) is 0 Å². The highest BCUT2D eigenvalue weighted by molar-refractivity contribution is 5.75. The van der Waals surface area contributed by atoms with Gasteiger partial charge >= 0.3 is 23.1 Å². The molecule has 4 nitrogen and oxygen atoms in total. The van der Waals surface area contributed by atoms with Gasteiger partial charge in [0.05, 0.1) is 17.4 Å². The number of fused-ring (bicyclic) bond motifs is 1. The standard InChI is InChI=1S/C7H6N2.Mg.2H2O.2H/c1-2-4-7-6(3-1)8-5-9-7;;;;;/h1-5H,(H,8,9);;2*1H2;;. The molecule has 12 heavy (non-hydrogen) atoms. The van der Waals surface area contributed by atoms with Gasteiger partial charge in [-0.3, -0.25) is 0 Å². The van der Waals surface area contributed by atoms with Gasteiger partial charge in [-0.25, -0.2) is 4.98 Å². The molecular weight excluding hydrogens is 168 g/mol. The molecule has 5 heteroatoms. The van der Waals surface area contributed by atoms with Gasteiger partial charge in [-0.1, -0.05) is 12.1 Å². The third kappa shape index (κ3) is 2.45. The first-order valence-corrected chi connectivity index (χ1v) is 2.85. The molecular formula is C7H12MgN2O2. The Morgan fingerprint density at radius 1 is 1.08 bits per heavy atom. The molecule has 64 valence electrons. The van der Waals surface area contributed by atoms with Gasteiger partial charge < -0.3 is 15.9 Å². The summed E-state index contributed by atoms with van der Waals surface area (Å²) in [7, 11) is 0. The summed E-state index contributed by atoms with van der Waals surface area (Å²) >= 11 is 0. The van der Waals surface area contributed by atoms with Crippen LogP contribution in [0.5, 0.6) is 0 Å². The Morgan fingerprint density at radius 3 is 2.42 bits per heavy atom. The molecule has 0 atom stereocenters. The van der Waals surface area contributed by atoms with E-state index in [0.717, 1.165) is 11.0 Å². The van der Waals surface area contributed by atoms with Crippen LogP contribution in [0.2, 0.25) is 0 Å². The van der Waals surface area contributed by atoms with E-state index >= 15 is 0 Å². The minimum atomic E-state index is 0. The van der Waals surface area contributed by atoms with Crippen LogP contribution in [0.4, 0.5) is 0 Å². The minimum absolute atomic E-state index is 0. The fraction of sp³-hybridized carbons (Fsp3) is 0. The number of hydrogen-bond acceptors (Lipinski definition) is 1. The zero-order chi connectivity index (χ0) is 6.10. The molecule has 5 N–H and O–H groups in total. The van der Waals surface area contributed by atoms with Gasteiger partial charge in [0.15, 0.2) is 0 Å². The topological polar surface area (TPSA) is 91.7 Å². The van der Waals surface area contributed by atoms with Crippen molar-refractivity contribution in [3.63, 3.8) is 0 Å². The number of nitrogens with one attached hydrogen (secondary N) is 1. The van der Waals surface area contributed by atoms with Crippen molar-refractivity contribution in [3.05, 3.63) is 30.6 Å². The van der Waals surface area contributed by atoms with E-state index in [1.54, 1.807) is 6.33 Å². The van der Waals surface area contributed by atoms with Gasteiger partial charge in [-0.05, 0) is 12.1 Å². The highest BCUT2D eigenvalue weighted by Gasteiger charge is 1.88. The predicted molar refractivity (Wildman–Crippen MR) is 51.9 cm³/mol. The first kappa shape index (κ1) is 13.9. The Labute approximate surface area is 85.8 Å². The van der Waals surface area contributed by atoms with Crippen molar-refractivity contribution in [1.29, 1.82) is 0 Å². The molecule has 0 saturated heterocycles. The van der Waals surface area contributed by atoms with E-state index in [1.807, 2.05) is 24.3 Å². The van der Waals surface area contributed by atoms with E-state index < -0.39 is 0 Å². The quantitative estimate of drug-likeness (QED) is 0.518. The van der Waals surface area contributed by atoms with Crippen molar-refractivity contribution < 1.29 is 11.0 Å². The zero-order valence-electron chi connectivity index (χ0n) is 5.83. The second-order valence-corrected chi connectivity index (χ2v) is 1.92. The Morgan fingerprint density at radius 2 is 1.75 bits per heavy atom.